The van der Waals surface area contributed by atoms with E-state index in [1.807, 2.05) is 37.1 Å². The number of hydrogen-bond acceptors (Lipinski definition) is 2. The fourth-order valence-electron chi connectivity index (χ4n) is 2.74. The molecule has 1 unspecified atom stereocenters. The summed E-state index contributed by atoms with van der Waals surface area (Å²) in [4.78, 5) is 14.6. The van der Waals surface area contributed by atoms with Crippen molar-refractivity contribution in [2.75, 3.05) is 25.5 Å². The van der Waals surface area contributed by atoms with Gasteiger partial charge in [0, 0.05) is 25.8 Å². The van der Waals surface area contributed by atoms with Gasteiger partial charge in [-0.3, -0.25) is 4.79 Å². The lowest BCUT2D eigenvalue weighted by Crippen LogP contribution is -2.30. The van der Waals surface area contributed by atoms with Crippen molar-refractivity contribution in [3.8, 4) is 0 Å². The van der Waals surface area contributed by atoms with Crippen LogP contribution < -0.4 is 5.32 Å². The molecule has 1 aliphatic rings. The zero-order valence-corrected chi connectivity index (χ0v) is 12.4. The van der Waals surface area contributed by atoms with Crippen LogP contribution >= 0.6 is 0 Å². The lowest BCUT2D eigenvalue weighted by Gasteiger charge is -2.20. The molecular formula is C16H24N2O. The van der Waals surface area contributed by atoms with E-state index in [1.54, 1.807) is 0 Å². The first kappa shape index (κ1) is 13.9. The summed E-state index contributed by atoms with van der Waals surface area (Å²) in [7, 11) is 1.86. The summed E-state index contributed by atoms with van der Waals surface area (Å²) in [5, 5.41) is 3.11. The Bertz CT molecular complexity index is 468. The SMILES string of the molecule is CNc1ccc(C)cc1C(=O)N1CCC(C(C)C)C1. The molecule has 3 heteroatoms. The lowest BCUT2D eigenvalue weighted by atomic mass is 9.95. The monoisotopic (exact) mass is 260 g/mol. The molecular weight excluding hydrogens is 236 g/mol. The van der Waals surface area contributed by atoms with E-state index in [4.69, 9.17) is 0 Å². The Morgan fingerprint density at radius 1 is 1.42 bits per heavy atom. The molecule has 1 aromatic carbocycles. The summed E-state index contributed by atoms with van der Waals surface area (Å²) in [6.07, 6.45) is 1.13. The normalized spacial score (nSPS) is 19.0. The Kier molecular flexibility index (Phi) is 4.13. The van der Waals surface area contributed by atoms with E-state index in [-0.39, 0.29) is 5.91 Å². The Hall–Kier alpha value is -1.51. The van der Waals surface area contributed by atoms with Gasteiger partial charge in [0.15, 0.2) is 0 Å². The highest BCUT2D eigenvalue weighted by molar-refractivity contribution is 6.00. The van der Waals surface area contributed by atoms with Gasteiger partial charge >= 0.3 is 0 Å². The number of aryl methyl sites for hydroxylation is 1. The summed E-state index contributed by atoms with van der Waals surface area (Å²) < 4.78 is 0. The predicted molar refractivity (Wildman–Crippen MR) is 79.6 cm³/mol. The second kappa shape index (κ2) is 5.64. The van der Waals surface area contributed by atoms with E-state index in [2.05, 4.69) is 19.2 Å². The molecule has 1 amide bonds. The van der Waals surface area contributed by atoms with Crippen molar-refractivity contribution in [2.45, 2.75) is 27.2 Å². The molecule has 0 saturated carbocycles. The number of benzene rings is 1. The second-order valence-electron chi connectivity index (χ2n) is 5.84. The third-order valence-corrected chi connectivity index (χ3v) is 4.13. The van der Waals surface area contributed by atoms with Crippen molar-refractivity contribution in [2.24, 2.45) is 11.8 Å². The van der Waals surface area contributed by atoms with E-state index in [9.17, 15) is 4.79 Å². The number of rotatable bonds is 3. The van der Waals surface area contributed by atoms with Crippen LogP contribution in [0.4, 0.5) is 5.69 Å². The van der Waals surface area contributed by atoms with Crippen molar-refractivity contribution in [1.82, 2.24) is 4.90 Å². The lowest BCUT2D eigenvalue weighted by molar-refractivity contribution is 0.0785. The van der Waals surface area contributed by atoms with Crippen LogP contribution in [0.1, 0.15) is 36.2 Å². The Morgan fingerprint density at radius 2 is 2.16 bits per heavy atom. The minimum absolute atomic E-state index is 0.163. The Morgan fingerprint density at radius 3 is 2.74 bits per heavy atom. The first-order valence-corrected chi connectivity index (χ1v) is 7.10. The van der Waals surface area contributed by atoms with Crippen LogP contribution in [0.3, 0.4) is 0 Å². The van der Waals surface area contributed by atoms with Gasteiger partial charge in [0.25, 0.3) is 5.91 Å². The molecule has 19 heavy (non-hydrogen) atoms. The van der Waals surface area contributed by atoms with Gasteiger partial charge < -0.3 is 10.2 Å². The van der Waals surface area contributed by atoms with Crippen molar-refractivity contribution in [3.63, 3.8) is 0 Å². The summed E-state index contributed by atoms with van der Waals surface area (Å²) in [5.41, 5.74) is 2.84. The van der Waals surface area contributed by atoms with Crippen molar-refractivity contribution >= 4 is 11.6 Å². The number of nitrogens with zero attached hydrogens (tertiary/aromatic N) is 1. The summed E-state index contributed by atoms with van der Waals surface area (Å²) in [6.45, 7) is 8.29. The predicted octanol–water partition coefficient (Wildman–Crippen LogP) is 3.15. The van der Waals surface area contributed by atoms with E-state index >= 15 is 0 Å². The quantitative estimate of drug-likeness (QED) is 0.905. The highest BCUT2D eigenvalue weighted by Crippen LogP contribution is 2.27. The number of hydrogen-bond donors (Lipinski definition) is 1. The fraction of sp³-hybridized carbons (Fsp3) is 0.562. The van der Waals surface area contributed by atoms with Gasteiger partial charge in [-0.1, -0.05) is 25.5 Å². The number of amides is 1. The number of nitrogens with one attached hydrogen (secondary N) is 1. The molecule has 0 bridgehead atoms. The van der Waals surface area contributed by atoms with Crippen LogP contribution in [0, 0.1) is 18.8 Å². The number of anilines is 1. The second-order valence-corrected chi connectivity index (χ2v) is 5.84. The van der Waals surface area contributed by atoms with Gasteiger partial charge in [0.1, 0.15) is 0 Å². The van der Waals surface area contributed by atoms with Gasteiger partial charge in [0.2, 0.25) is 0 Å². The van der Waals surface area contributed by atoms with Crippen LogP contribution in [-0.2, 0) is 0 Å². The Balaban J connectivity index is 2.19. The van der Waals surface area contributed by atoms with Gasteiger partial charge in [-0.15, -0.1) is 0 Å². The molecule has 1 atom stereocenters. The summed E-state index contributed by atoms with van der Waals surface area (Å²) in [6, 6.07) is 6.00. The Labute approximate surface area is 116 Å². The molecule has 104 valence electrons. The van der Waals surface area contributed by atoms with E-state index in [0.717, 1.165) is 36.3 Å². The molecule has 0 aliphatic carbocycles. The molecule has 1 saturated heterocycles. The highest BCUT2D eigenvalue weighted by atomic mass is 16.2. The molecule has 0 spiro atoms. The van der Waals surface area contributed by atoms with Gasteiger partial charge in [0.05, 0.1) is 5.56 Å². The maximum Gasteiger partial charge on any atom is 0.255 e. The number of carbonyl (C=O) groups is 1. The minimum atomic E-state index is 0.163. The van der Waals surface area contributed by atoms with Crippen LogP contribution in [0.5, 0.6) is 0 Å². The first-order chi connectivity index (χ1) is 9.02. The third kappa shape index (κ3) is 2.91. The van der Waals surface area contributed by atoms with Gasteiger partial charge in [-0.2, -0.15) is 0 Å². The molecule has 2 rings (SSSR count). The topological polar surface area (TPSA) is 32.3 Å². The standard InChI is InChI=1S/C16H24N2O/c1-11(2)13-7-8-18(10-13)16(19)14-9-12(3)5-6-15(14)17-4/h5-6,9,11,13,17H,7-8,10H2,1-4H3. The third-order valence-electron chi connectivity index (χ3n) is 4.13. The maximum absolute atomic E-state index is 12.6. The average Bonchev–Trinajstić information content (AvgIpc) is 2.87. The zero-order valence-electron chi connectivity index (χ0n) is 12.4. The van der Waals surface area contributed by atoms with Crippen LogP contribution in [-0.4, -0.2) is 30.9 Å². The minimum Gasteiger partial charge on any atom is -0.387 e. The average molecular weight is 260 g/mol. The van der Waals surface area contributed by atoms with E-state index < -0.39 is 0 Å². The highest BCUT2D eigenvalue weighted by Gasteiger charge is 2.29. The van der Waals surface area contributed by atoms with Crippen molar-refractivity contribution in [3.05, 3.63) is 29.3 Å². The molecule has 1 N–H and O–H groups in total. The zero-order chi connectivity index (χ0) is 14.0. The fourth-order valence-corrected chi connectivity index (χ4v) is 2.74. The van der Waals surface area contributed by atoms with Gasteiger partial charge in [-0.25, -0.2) is 0 Å². The molecule has 1 aromatic rings. The smallest absolute Gasteiger partial charge is 0.255 e. The molecule has 1 aliphatic heterocycles. The summed E-state index contributed by atoms with van der Waals surface area (Å²) >= 11 is 0. The van der Waals surface area contributed by atoms with Gasteiger partial charge in [-0.05, 0) is 37.3 Å². The molecule has 1 fully saturated rings. The maximum atomic E-state index is 12.6. The van der Waals surface area contributed by atoms with Crippen LogP contribution in [0.25, 0.3) is 0 Å². The van der Waals surface area contributed by atoms with Crippen LogP contribution in [0.15, 0.2) is 18.2 Å². The molecule has 0 radical (unpaired) electrons. The first-order valence-electron chi connectivity index (χ1n) is 7.10. The molecule has 0 aromatic heterocycles. The molecule has 3 nitrogen and oxygen atoms in total. The van der Waals surface area contributed by atoms with Crippen molar-refractivity contribution in [1.29, 1.82) is 0 Å². The number of carbonyl (C=O) groups excluding carboxylic acids is 1. The van der Waals surface area contributed by atoms with E-state index in [0.29, 0.717) is 11.8 Å². The largest absolute Gasteiger partial charge is 0.387 e. The molecule has 1 heterocycles. The summed E-state index contributed by atoms with van der Waals surface area (Å²) in [5.74, 6) is 1.46. The number of likely N-dealkylation sites (tertiary alicyclic amines) is 1. The van der Waals surface area contributed by atoms with Crippen LogP contribution in [0.2, 0.25) is 0 Å². The van der Waals surface area contributed by atoms with Crippen molar-refractivity contribution < 1.29 is 4.79 Å². The van der Waals surface area contributed by atoms with E-state index in [1.165, 1.54) is 0 Å².